The monoisotopic (exact) mass is 387 g/mol. The lowest BCUT2D eigenvalue weighted by Crippen LogP contribution is -2.17. The zero-order valence-electron chi connectivity index (χ0n) is 11.3. The van der Waals surface area contributed by atoms with E-state index >= 15 is 0 Å². The van der Waals surface area contributed by atoms with Gasteiger partial charge in [0.15, 0.2) is 0 Å². The number of phenolic OH excluding ortho intramolecular Hbond substituents is 1. The topological polar surface area (TPSA) is 55.5 Å². The molecule has 0 radical (unpaired) electrons. The molecular formula is C14H11Cl3F3NO2. The zero-order chi connectivity index (χ0) is 16.5. The molecule has 126 valence electrons. The first-order valence-electron chi connectivity index (χ1n) is 5.96. The fourth-order valence-electron chi connectivity index (χ4n) is 1.88. The average molecular weight is 389 g/mol. The highest BCUT2D eigenvalue weighted by molar-refractivity contribution is 6.35. The zero-order valence-corrected chi connectivity index (χ0v) is 13.6. The van der Waals surface area contributed by atoms with Crippen LogP contribution in [0.5, 0.6) is 11.5 Å². The molecule has 2 rings (SSSR count). The molecule has 0 amide bonds. The maximum absolute atomic E-state index is 12.1. The number of ether oxygens (including phenoxy) is 1. The quantitative estimate of drug-likeness (QED) is 0.772. The molecule has 0 aliphatic carbocycles. The van der Waals surface area contributed by atoms with Gasteiger partial charge in [0, 0.05) is 10.6 Å². The molecule has 3 nitrogen and oxygen atoms in total. The third-order valence-electron chi connectivity index (χ3n) is 2.87. The third kappa shape index (κ3) is 5.07. The highest BCUT2D eigenvalue weighted by atomic mass is 35.5. The normalized spacial score (nSPS) is 12.4. The first-order valence-corrected chi connectivity index (χ1v) is 6.72. The van der Waals surface area contributed by atoms with Gasteiger partial charge < -0.3 is 15.6 Å². The van der Waals surface area contributed by atoms with E-state index in [9.17, 15) is 18.3 Å². The molecule has 0 bridgehead atoms. The number of aromatic hydroxyl groups is 1. The number of benzene rings is 2. The minimum absolute atomic E-state index is 0. The highest BCUT2D eigenvalue weighted by Gasteiger charge is 2.31. The van der Waals surface area contributed by atoms with Gasteiger partial charge in [-0.25, -0.2) is 0 Å². The van der Waals surface area contributed by atoms with Crippen LogP contribution in [0.25, 0.3) is 0 Å². The number of alkyl halides is 3. The Balaban J connectivity index is 0.00000264. The van der Waals surface area contributed by atoms with Crippen molar-refractivity contribution in [3.8, 4) is 11.5 Å². The maximum atomic E-state index is 12.1. The summed E-state index contributed by atoms with van der Waals surface area (Å²) in [5.74, 6) is -0.592. The molecule has 0 aliphatic rings. The highest BCUT2D eigenvalue weighted by Crippen LogP contribution is 2.36. The Morgan fingerprint density at radius 2 is 1.65 bits per heavy atom. The standard InChI is InChI=1S/C14H10Cl2F3NO2.ClH/c15-8-5-10(13(21)11(16)6-8)12(20)7-1-3-9(4-2-7)22-14(17,18)19;/h1-6,12,21H,20H2;1H/t12-;/m0./s1. The minimum Gasteiger partial charge on any atom is -0.506 e. The van der Waals surface area contributed by atoms with Crippen LogP contribution in [0.1, 0.15) is 17.2 Å². The van der Waals surface area contributed by atoms with Crippen LogP contribution in [0.3, 0.4) is 0 Å². The largest absolute Gasteiger partial charge is 0.573 e. The Morgan fingerprint density at radius 1 is 1.09 bits per heavy atom. The Kier molecular flexibility index (Phi) is 6.41. The van der Waals surface area contributed by atoms with Gasteiger partial charge in [0.2, 0.25) is 0 Å². The summed E-state index contributed by atoms with van der Waals surface area (Å²) in [7, 11) is 0. The van der Waals surface area contributed by atoms with Crippen LogP contribution in [-0.2, 0) is 0 Å². The van der Waals surface area contributed by atoms with Gasteiger partial charge in [0.1, 0.15) is 11.5 Å². The predicted octanol–water partition coefficient (Wildman–Crippen LogP) is 5.07. The van der Waals surface area contributed by atoms with E-state index in [0.717, 1.165) is 12.1 Å². The van der Waals surface area contributed by atoms with Crippen LogP contribution in [0.15, 0.2) is 36.4 Å². The Hall–Kier alpha value is -1.34. The van der Waals surface area contributed by atoms with Crippen LogP contribution in [0.4, 0.5) is 13.2 Å². The first kappa shape index (κ1) is 19.7. The van der Waals surface area contributed by atoms with Crippen LogP contribution in [0.2, 0.25) is 10.0 Å². The van der Waals surface area contributed by atoms with Crippen molar-refractivity contribution < 1.29 is 23.0 Å². The summed E-state index contributed by atoms with van der Waals surface area (Å²) in [6.07, 6.45) is -4.76. The summed E-state index contributed by atoms with van der Waals surface area (Å²) in [4.78, 5) is 0. The molecule has 23 heavy (non-hydrogen) atoms. The lowest BCUT2D eigenvalue weighted by molar-refractivity contribution is -0.274. The molecule has 0 aliphatic heterocycles. The maximum Gasteiger partial charge on any atom is 0.573 e. The van der Waals surface area contributed by atoms with Crippen molar-refractivity contribution in [2.75, 3.05) is 0 Å². The summed E-state index contributed by atoms with van der Waals surface area (Å²) in [6, 6.07) is 6.97. The smallest absolute Gasteiger partial charge is 0.506 e. The Morgan fingerprint density at radius 3 is 2.17 bits per heavy atom. The summed E-state index contributed by atoms with van der Waals surface area (Å²) in [5.41, 5.74) is 6.72. The van der Waals surface area contributed by atoms with E-state index in [1.165, 1.54) is 24.3 Å². The molecule has 0 saturated heterocycles. The van der Waals surface area contributed by atoms with E-state index in [2.05, 4.69) is 4.74 Å². The van der Waals surface area contributed by atoms with Crippen molar-refractivity contribution in [1.29, 1.82) is 0 Å². The molecule has 9 heteroatoms. The third-order valence-corrected chi connectivity index (χ3v) is 3.37. The van der Waals surface area contributed by atoms with Gasteiger partial charge in [-0.3, -0.25) is 0 Å². The van der Waals surface area contributed by atoms with E-state index in [1.54, 1.807) is 0 Å². The van der Waals surface area contributed by atoms with Gasteiger partial charge in [0.25, 0.3) is 0 Å². The Labute approximate surface area is 146 Å². The average Bonchev–Trinajstić information content (AvgIpc) is 2.41. The van der Waals surface area contributed by atoms with Crippen LogP contribution < -0.4 is 10.5 Å². The Bertz CT molecular complexity index is 678. The summed E-state index contributed by atoms with van der Waals surface area (Å²) in [5, 5.41) is 10.2. The number of nitrogens with two attached hydrogens (primary N) is 1. The molecule has 0 saturated carbocycles. The summed E-state index contributed by atoms with van der Waals surface area (Å²) >= 11 is 11.7. The van der Waals surface area contributed by atoms with E-state index in [1.807, 2.05) is 0 Å². The van der Waals surface area contributed by atoms with Crippen LogP contribution in [0, 0.1) is 0 Å². The fraction of sp³-hybridized carbons (Fsp3) is 0.143. The van der Waals surface area contributed by atoms with Crippen molar-refractivity contribution in [1.82, 2.24) is 0 Å². The van der Waals surface area contributed by atoms with Crippen molar-refractivity contribution in [2.45, 2.75) is 12.4 Å². The molecule has 0 heterocycles. The molecule has 2 aromatic rings. The molecular weight excluding hydrogens is 378 g/mol. The summed E-state index contributed by atoms with van der Waals surface area (Å²) < 4.78 is 40.1. The number of hydrogen-bond donors (Lipinski definition) is 2. The first-order chi connectivity index (χ1) is 10.2. The van der Waals surface area contributed by atoms with Crippen molar-refractivity contribution >= 4 is 35.6 Å². The molecule has 0 fully saturated rings. The van der Waals surface area contributed by atoms with Crippen molar-refractivity contribution in [3.05, 3.63) is 57.6 Å². The lowest BCUT2D eigenvalue weighted by Gasteiger charge is -2.16. The lowest BCUT2D eigenvalue weighted by atomic mass is 9.98. The molecule has 0 spiro atoms. The van der Waals surface area contributed by atoms with Crippen LogP contribution >= 0.6 is 35.6 Å². The van der Waals surface area contributed by atoms with Gasteiger partial charge in [0.05, 0.1) is 11.1 Å². The van der Waals surface area contributed by atoms with E-state index < -0.39 is 12.4 Å². The number of halogens is 6. The SMILES string of the molecule is Cl.N[C@@H](c1ccc(OC(F)(F)F)cc1)c1cc(Cl)cc(Cl)c1O. The minimum atomic E-state index is -4.76. The molecule has 3 N–H and O–H groups in total. The molecule has 2 aromatic carbocycles. The van der Waals surface area contributed by atoms with Gasteiger partial charge in [-0.2, -0.15) is 0 Å². The number of hydrogen-bond acceptors (Lipinski definition) is 3. The fourth-order valence-corrected chi connectivity index (χ4v) is 2.39. The summed E-state index contributed by atoms with van der Waals surface area (Å²) in [6.45, 7) is 0. The molecule has 0 aromatic heterocycles. The molecule has 1 atom stereocenters. The van der Waals surface area contributed by atoms with Crippen LogP contribution in [-0.4, -0.2) is 11.5 Å². The second-order valence-corrected chi connectivity index (χ2v) is 5.26. The second kappa shape index (κ2) is 7.49. The predicted molar refractivity (Wildman–Crippen MR) is 84.5 cm³/mol. The van der Waals surface area contributed by atoms with Crippen molar-refractivity contribution in [2.24, 2.45) is 5.73 Å². The second-order valence-electron chi connectivity index (χ2n) is 4.42. The van der Waals surface area contributed by atoms with Crippen molar-refractivity contribution in [3.63, 3.8) is 0 Å². The van der Waals surface area contributed by atoms with E-state index in [-0.39, 0.29) is 39.5 Å². The van der Waals surface area contributed by atoms with Gasteiger partial charge >= 0.3 is 6.36 Å². The van der Waals surface area contributed by atoms with Gasteiger partial charge in [-0.05, 0) is 29.8 Å². The van der Waals surface area contributed by atoms with E-state index in [0.29, 0.717) is 5.56 Å². The van der Waals surface area contributed by atoms with Gasteiger partial charge in [-0.15, -0.1) is 25.6 Å². The number of rotatable bonds is 3. The molecule has 0 unspecified atom stereocenters. The van der Waals surface area contributed by atoms with Gasteiger partial charge in [-0.1, -0.05) is 35.3 Å². The number of phenols is 1. The van der Waals surface area contributed by atoms with E-state index in [4.69, 9.17) is 28.9 Å².